The molecule has 3 aromatic heterocycles. The third-order valence-electron chi connectivity index (χ3n) is 5.60. The van der Waals surface area contributed by atoms with Gasteiger partial charge in [0.05, 0.1) is 35.7 Å². The van der Waals surface area contributed by atoms with Crippen LogP contribution in [-0.4, -0.2) is 65.4 Å². The van der Waals surface area contributed by atoms with Gasteiger partial charge in [0.2, 0.25) is 0 Å². The number of aromatic nitrogens is 5. The zero-order chi connectivity index (χ0) is 22.5. The summed E-state index contributed by atoms with van der Waals surface area (Å²) in [5.41, 5.74) is 8.38. The molecule has 5 rings (SSSR count). The highest BCUT2D eigenvalue weighted by molar-refractivity contribution is 7.90. The number of sulfone groups is 1. The molecule has 0 aliphatic carbocycles. The minimum Gasteiger partial charge on any atom is -0.382 e. The lowest BCUT2D eigenvalue weighted by molar-refractivity contribution is 0.0985. The van der Waals surface area contributed by atoms with E-state index >= 15 is 0 Å². The van der Waals surface area contributed by atoms with Crippen molar-refractivity contribution >= 4 is 32.5 Å². The third kappa shape index (κ3) is 3.49. The fourth-order valence-electron chi connectivity index (χ4n) is 4.00. The molecule has 0 radical (unpaired) electrons. The molecule has 1 atom stereocenters. The standard InChI is InChI=1S/C21H23N7O3S/c1-13-12-31-9-8-27(13)18-11-16(14-4-3-5-15(10-14)32(2,29)30)19-20(22)26-28(21(19)24-18)17-6-7-23-25-17/h3-7,10-11,13H,8-9,12H2,1-2H3,(H2,22,26)(H,23,25)/t13-/m1/s1. The van der Waals surface area contributed by atoms with E-state index in [-0.39, 0.29) is 10.9 Å². The van der Waals surface area contributed by atoms with Gasteiger partial charge in [0.25, 0.3) is 0 Å². The SMILES string of the molecule is C[C@@H]1COCCN1c1cc(-c2cccc(S(C)(=O)=O)c2)c2c(N)nn(-c3ccn[nH]3)c2n1. The zero-order valence-corrected chi connectivity index (χ0v) is 18.5. The van der Waals surface area contributed by atoms with Crippen molar-refractivity contribution in [3.05, 3.63) is 42.6 Å². The van der Waals surface area contributed by atoms with Crippen LogP contribution in [0.15, 0.2) is 47.5 Å². The van der Waals surface area contributed by atoms with Gasteiger partial charge in [-0.2, -0.15) is 9.78 Å². The Bertz CT molecular complexity index is 1400. The maximum Gasteiger partial charge on any atom is 0.175 e. The highest BCUT2D eigenvalue weighted by Crippen LogP contribution is 2.37. The van der Waals surface area contributed by atoms with Crippen molar-refractivity contribution in [3.63, 3.8) is 0 Å². The second-order valence-electron chi connectivity index (χ2n) is 7.88. The van der Waals surface area contributed by atoms with Crippen LogP contribution in [0.3, 0.4) is 0 Å². The molecule has 166 valence electrons. The molecule has 1 aromatic carbocycles. The van der Waals surface area contributed by atoms with Gasteiger partial charge in [-0.05, 0) is 30.7 Å². The fourth-order valence-corrected chi connectivity index (χ4v) is 4.67. The van der Waals surface area contributed by atoms with Gasteiger partial charge < -0.3 is 15.4 Å². The van der Waals surface area contributed by atoms with E-state index in [0.717, 1.165) is 16.9 Å². The highest BCUT2D eigenvalue weighted by Gasteiger charge is 2.25. The first-order chi connectivity index (χ1) is 15.3. The monoisotopic (exact) mass is 453 g/mol. The summed E-state index contributed by atoms with van der Waals surface area (Å²) in [5.74, 6) is 1.67. The van der Waals surface area contributed by atoms with E-state index in [0.29, 0.717) is 42.4 Å². The van der Waals surface area contributed by atoms with Crippen molar-refractivity contribution in [3.8, 4) is 16.9 Å². The highest BCUT2D eigenvalue weighted by atomic mass is 32.2. The van der Waals surface area contributed by atoms with Gasteiger partial charge in [0.1, 0.15) is 5.82 Å². The van der Waals surface area contributed by atoms with Gasteiger partial charge in [-0.25, -0.2) is 13.4 Å². The van der Waals surface area contributed by atoms with Crippen LogP contribution >= 0.6 is 0 Å². The average molecular weight is 454 g/mol. The van der Waals surface area contributed by atoms with Crippen LogP contribution in [0.1, 0.15) is 6.92 Å². The molecule has 1 aliphatic rings. The number of H-pyrrole nitrogens is 1. The lowest BCUT2D eigenvalue weighted by atomic mass is 10.0. The molecule has 0 bridgehead atoms. The third-order valence-corrected chi connectivity index (χ3v) is 6.71. The predicted molar refractivity (Wildman–Crippen MR) is 122 cm³/mol. The van der Waals surface area contributed by atoms with Crippen molar-refractivity contribution in [2.24, 2.45) is 0 Å². The molecular formula is C21H23N7O3S. The Morgan fingerprint density at radius 2 is 2.09 bits per heavy atom. The van der Waals surface area contributed by atoms with Crippen molar-refractivity contribution in [2.75, 3.05) is 36.6 Å². The van der Waals surface area contributed by atoms with Gasteiger partial charge in [0, 0.05) is 24.4 Å². The van der Waals surface area contributed by atoms with Crippen LogP contribution in [0, 0.1) is 0 Å². The van der Waals surface area contributed by atoms with Crippen LogP contribution < -0.4 is 10.6 Å². The van der Waals surface area contributed by atoms with Crippen LogP contribution in [-0.2, 0) is 14.6 Å². The summed E-state index contributed by atoms with van der Waals surface area (Å²) in [5, 5.41) is 12.0. The first kappa shape index (κ1) is 20.5. The Labute approximate surface area is 184 Å². The fraction of sp³-hybridized carbons (Fsp3) is 0.286. The first-order valence-electron chi connectivity index (χ1n) is 10.2. The Morgan fingerprint density at radius 1 is 1.25 bits per heavy atom. The lowest BCUT2D eigenvalue weighted by Gasteiger charge is -2.34. The van der Waals surface area contributed by atoms with Crippen LogP contribution in [0.4, 0.5) is 11.6 Å². The van der Waals surface area contributed by atoms with Crippen molar-refractivity contribution in [1.29, 1.82) is 0 Å². The van der Waals surface area contributed by atoms with Crippen LogP contribution in [0.25, 0.3) is 28.0 Å². The van der Waals surface area contributed by atoms with E-state index in [1.54, 1.807) is 35.1 Å². The summed E-state index contributed by atoms with van der Waals surface area (Å²) in [6.45, 7) is 3.97. The number of nitrogens with zero attached hydrogens (tertiary/aromatic N) is 5. The molecule has 1 saturated heterocycles. The minimum absolute atomic E-state index is 0.129. The van der Waals surface area contributed by atoms with Gasteiger partial charge >= 0.3 is 0 Å². The molecule has 0 saturated carbocycles. The smallest absolute Gasteiger partial charge is 0.175 e. The van der Waals surface area contributed by atoms with Gasteiger partial charge in [-0.1, -0.05) is 12.1 Å². The van der Waals surface area contributed by atoms with Crippen LogP contribution in [0.5, 0.6) is 0 Å². The number of nitrogen functional groups attached to an aromatic ring is 1. The number of aromatic amines is 1. The Hall–Kier alpha value is -3.44. The zero-order valence-electron chi connectivity index (χ0n) is 17.7. The van der Waals surface area contributed by atoms with Crippen molar-refractivity contribution in [1.82, 2.24) is 25.0 Å². The van der Waals surface area contributed by atoms with Gasteiger partial charge in [-0.15, -0.1) is 5.10 Å². The second kappa shape index (κ2) is 7.61. The molecule has 32 heavy (non-hydrogen) atoms. The number of hydrogen-bond donors (Lipinski definition) is 2. The van der Waals surface area contributed by atoms with Crippen molar-refractivity contribution < 1.29 is 13.2 Å². The number of pyridine rings is 1. The molecule has 11 heteroatoms. The average Bonchev–Trinajstić information content (AvgIpc) is 3.41. The van der Waals surface area contributed by atoms with Crippen molar-refractivity contribution in [2.45, 2.75) is 17.9 Å². The summed E-state index contributed by atoms with van der Waals surface area (Å²) in [6.07, 6.45) is 2.82. The number of anilines is 2. The topological polar surface area (TPSA) is 132 Å². The number of ether oxygens (including phenoxy) is 1. The predicted octanol–water partition coefficient (Wildman–Crippen LogP) is 2.02. The number of fused-ring (bicyclic) bond motifs is 1. The molecule has 3 N–H and O–H groups in total. The van der Waals surface area contributed by atoms with E-state index in [1.165, 1.54) is 6.26 Å². The Balaban J connectivity index is 1.80. The molecule has 0 amide bonds. The molecule has 0 unspecified atom stereocenters. The molecule has 1 fully saturated rings. The Morgan fingerprint density at radius 3 is 2.81 bits per heavy atom. The van der Waals surface area contributed by atoms with Gasteiger partial charge in [-0.3, -0.25) is 5.10 Å². The number of benzene rings is 1. The number of morpholine rings is 1. The van der Waals surface area contributed by atoms with Gasteiger partial charge in [0.15, 0.2) is 27.1 Å². The lowest BCUT2D eigenvalue weighted by Crippen LogP contribution is -2.44. The maximum atomic E-state index is 12.2. The maximum absolute atomic E-state index is 12.2. The summed E-state index contributed by atoms with van der Waals surface area (Å²) >= 11 is 0. The first-order valence-corrected chi connectivity index (χ1v) is 12.1. The summed E-state index contributed by atoms with van der Waals surface area (Å²) in [7, 11) is -3.37. The normalized spacial score (nSPS) is 17.2. The Kier molecular flexibility index (Phi) is 4.86. The molecule has 10 nitrogen and oxygen atoms in total. The van der Waals surface area contributed by atoms with Crippen LogP contribution in [0.2, 0.25) is 0 Å². The summed E-state index contributed by atoms with van der Waals surface area (Å²) in [4.78, 5) is 7.32. The van der Waals surface area contributed by atoms with E-state index in [4.69, 9.17) is 15.5 Å². The largest absolute Gasteiger partial charge is 0.382 e. The molecule has 0 spiro atoms. The molecule has 4 heterocycles. The number of hydrogen-bond acceptors (Lipinski definition) is 8. The quantitative estimate of drug-likeness (QED) is 0.480. The molecule has 4 aromatic rings. The van der Waals surface area contributed by atoms with E-state index in [2.05, 4.69) is 27.1 Å². The number of rotatable bonds is 4. The van der Waals surface area contributed by atoms with E-state index < -0.39 is 9.84 Å². The molecular weight excluding hydrogens is 430 g/mol. The minimum atomic E-state index is -3.37. The number of nitrogens with two attached hydrogens (primary N) is 1. The van der Waals surface area contributed by atoms with E-state index in [1.807, 2.05) is 12.1 Å². The second-order valence-corrected chi connectivity index (χ2v) is 9.90. The molecule has 1 aliphatic heterocycles. The van der Waals surface area contributed by atoms with E-state index in [9.17, 15) is 8.42 Å². The number of nitrogens with one attached hydrogen (secondary N) is 1. The summed E-state index contributed by atoms with van der Waals surface area (Å²) in [6, 6.07) is 10.7. The summed E-state index contributed by atoms with van der Waals surface area (Å²) < 4.78 is 31.6.